The molecule has 0 saturated carbocycles. The van der Waals surface area contributed by atoms with E-state index in [0.717, 1.165) is 11.1 Å². The SMILES string of the molecule is ClCc1cccc(-c2c(Cl)cc(Cl)cc2Cl)c1Cl. The Labute approximate surface area is 130 Å². The molecule has 0 heterocycles. The van der Waals surface area contributed by atoms with Crippen LogP contribution in [0.3, 0.4) is 0 Å². The van der Waals surface area contributed by atoms with Gasteiger partial charge in [-0.15, -0.1) is 11.6 Å². The first-order valence-corrected chi connectivity index (χ1v) is 7.07. The van der Waals surface area contributed by atoms with Crippen molar-refractivity contribution in [3.8, 4) is 11.1 Å². The Morgan fingerprint density at radius 3 is 2.06 bits per heavy atom. The van der Waals surface area contributed by atoms with Crippen LogP contribution in [0.15, 0.2) is 30.3 Å². The van der Waals surface area contributed by atoms with Crippen LogP contribution >= 0.6 is 58.0 Å². The molecule has 94 valence electrons. The lowest BCUT2D eigenvalue weighted by atomic mass is 10.0. The van der Waals surface area contributed by atoms with Gasteiger partial charge in [0.05, 0.1) is 15.1 Å². The van der Waals surface area contributed by atoms with Crippen molar-refractivity contribution in [2.45, 2.75) is 5.88 Å². The minimum absolute atomic E-state index is 0.329. The quantitative estimate of drug-likeness (QED) is 0.533. The Balaban J connectivity index is 2.70. The molecular weight excluding hydrogens is 333 g/mol. The Morgan fingerprint density at radius 1 is 0.889 bits per heavy atom. The van der Waals surface area contributed by atoms with Gasteiger partial charge >= 0.3 is 0 Å². The lowest BCUT2D eigenvalue weighted by Crippen LogP contribution is -1.88. The largest absolute Gasteiger partial charge is 0.121 e. The molecule has 0 unspecified atom stereocenters. The summed E-state index contributed by atoms with van der Waals surface area (Å²) in [6, 6.07) is 8.83. The highest BCUT2D eigenvalue weighted by Gasteiger charge is 2.14. The fraction of sp³-hybridized carbons (Fsp3) is 0.0769. The van der Waals surface area contributed by atoms with E-state index in [4.69, 9.17) is 58.0 Å². The van der Waals surface area contributed by atoms with E-state index in [0.29, 0.717) is 31.5 Å². The highest BCUT2D eigenvalue weighted by Crippen LogP contribution is 2.41. The van der Waals surface area contributed by atoms with E-state index in [1.165, 1.54) is 0 Å². The molecule has 0 nitrogen and oxygen atoms in total. The lowest BCUT2D eigenvalue weighted by molar-refractivity contribution is 1.40. The standard InChI is InChI=1S/C13H7Cl5/c14-6-7-2-1-3-9(13(7)18)12-10(16)4-8(15)5-11(12)17/h1-5H,6H2. The van der Waals surface area contributed by atoms with Crippen molar-refractivity contribution in [2.24, 2.45) is 0 Å². The highest BCUT2D eigenvalue weighted by molar-refractivity contribution is 6.43. The van der Waals surface area contributed by atoms with Crippen LogP contribution in [-0.4, -0.2) is 0 Å². The maximum atomic E-state index is 6.29. The fourth-order valence-electron chi connectivity index (χ4n) is 1.68. The van der Waals surface area contributed by atoms with E-state index >= 15 is 0 Å². The number of hydrogen-bond acceptors (Lipinski definition) is 0. The van der Waals surface area contributed by atoms with Crippen molar-refractivity contribution in [3.63, 3.8) is 0 Å². The molecule has 0 aliphatic carbocycles. The molecule has 0 N–H and O–H groups in total. The molecule has 0 radical (unpaired) electrons. The molecule has 0 aliphatic heterocycles. The predicted octanol–water partition coefficient (Wildman–Crippen LogP) is 6.71. The van der Waals surface area contributed by atoms with Gasteiger partial charge in [0.25, 0.3) is 0 Å². The number of hydrogen-bond donors (Lipinski definition) is 0. The van der Waals surface area contributed by atoms with E-state index in [-0.39, 0.29) is 0 Å². The van der Waals surface area contributed by atoms with Crippen molar-refractivity contribution in [3.05, 3.63) is 56.0 Å². The highest BCUT2D eigenvalue weighted by atomic mass is 35.5. The van der Waals surface area contributed by atoms with E-state index < -0.39 is 0 Å². The third kappa shape index (κ3) is 2.74. The summed E-state index contributed by atoms with van der Waals surface area (Å²) in [5, 5.41) is 1.96. The average Bonchev–Trinajstić information content (AvgIpc) is 2.30. The Morgan fingerprint density at radius 2 is 1.50 bits per heavy atom. The van der Waals surface area contributed by atoms with Crippen LogP contribution in [0.25, 0.3) is 11.1 Å². The van der Waals surface area contributed by atoms with Crippen LogP contribution in [0.4, 0.5) is 0 Å². The van der Waals surface area contributed by atoms with Crippen molar-refractivity contribution >= 4 is 58.0 Å². The van der Waals surface area contributed by atoms with Crippen molar-refractivity contribution in [2.75, 3.05) is 0 Å². The predicted molar refractivity (Wildman–Crippen MR) is 81.5 cm³/mol. The summed E-state index contributed by atoms with van der Waals surface area (Å²) in [6.45, 7) is 0. The van der Waals surface area contributed by atoms with Gasteiger partial charge in [0.1, 0.15) is 0 Å². The summed E-state index contributed by atoms with van der Waals surface area (Å²) < 4.78 is 0. The Kier molecular flexibility index (Phi) is 4.69. The van der Waals surface area contributed by atoms with Gasteiger partial charge in [-0.2, -0.15) is 0 Å². The number of benzene rings is 2. The van der Waals surface area contributed by atoms with Gasteiger partial charge in [-0.1, -0.05) is 64.6 Å². The van der Waals surface area contributed by atoms with Gasteiger partial charge in [0.2, 0.25) is 0 Å². The van der Waals surface area contributed by atoms with Gasteiger partial charge < -0.3 is 0 Å². The molecule has 0 fully saturated rings. The zero-order chi connectivity index (χ0) is 13.3. The van der Waals surface area contributed by atoms with E-state index in [1.807, 2.05) is 18.2 Å². The summed E-state index contributed by atoms with van der Waals surface area (Å²) >= 11 is 30.4. The van der Waals surface area contributed by atoms with Gasteiger partial charge in [-0.05, 0) is 17.7 Å². The summed E-state index contributed by atoms with van der Waals surface area (Å²) in [5.74, 6) is 0.329. The molecule has 0 spiro atoms. The van der Waals surface area contributed by atoms with Gasteiger partial charge in [-0.25, -0.2) is 0 Å². The second-order valence-electron chi connectivity index (χ2n) is 3.66. The topological polar surface area (TPSA) is 0 Å². The number of alkyl halides is 1. The van der Waals surface area contributed by atoms with Crippen LogP contribution in [-0.2, 0) is 5.88 Å². The maximum absolute atomic E-state index is 6.29. The molecule has 0 saturated heterocycles. The van der Waals surface area contributed by atoms with Crippen molar-refractivity contribution in [1.82, 2.24) is 0 Å². The molecule has 0 aliphatic rings. The molecule has 0 aromatic heterocycles. The van der Waals surface area contributed by atoms with Gasteiger partial charge in [-0.3, -0.25) is 0 Å². The van der Waals surface area contributed by atoms with Gasteiger partial charge in [0, 0.05) is 22.0 Å². The second kappa shape index (κ2) is 5.90. The maximum Gasteiger partial charge on any atom is 0.0529 e. The third-order valence-corrected chi connectivity index (χ3v) is 4.05. The summed E-state index contributed by atoms with van der Waals surface area (Å²) in [6.07, 6.45) is 0. The molecule has 5 heteroatoms. The van der Waals surface area contributed by atoms with Crippen LogP contribution in [0, 0.1) is 0 Å². The molecule has 0 bridgehead atoms. The normalized spacial score (nSPS) is 10.7. The van der Waals surface area contributed by atoms with Crippen molar-refractivity contribution < 1.29 is 0 Å². The smallest absolute Gasteiger partial charge is 0.0529 e. The first-order chi connectivity index (χ1) is 8.54. The molecule has 0 atom stereocenters. The van der Waals surface area contributed by atoms with Crippen LogP contribution in [0.5, 0.6) is 0 Å². The van der Waals surface area contributed by atoms with E-state index in [2.05, 4.69) is 0 Å². The number of halogens is 5. The molecule has 2 rings (SSSR count). The fourth-order valence-corrected chi connectivity index (χ4v) is 3.27. The monoisotopic (exact) mass is 338 g/mol. The van der Waals surface area contributed by atoms with E-state index in [9.17, 15) is 0 Å². The minimum atomic E-state index is 0.329. The van der Waals surface area contributed by atoms with Crippen LogP contribution in [0.2, 0.25) is 20.1 Å². The summed E-state index contributed by atoms with van der Waals surface area (Å²) in [5.41, 5.74) is 2.25. The third-order valence-electron chi connectivity index (χ3n) is 2.50. The Bertz CT molecular complexity index is 569. The molecule has 18 heavy (non-hydrogen) atoms. The molecule has 2 aromatic rings. The minimum Gasteiger partial charge on any atom is -0.121 e. The van der Waals surface area contributed by atoms with Crippen LogP contribution in [0.1, 0.15) is 5.56 Å². The van der Waals surface area contributed by atoms with Gasteiger partial charge in [0.15, 0.2) is 0 Å². The molecular formula is C13H7Cl5. The molecule has 2 aromatic carbocycles. The zero-order valence-corrected chi connectivity index (χ0v) is 12.8. The van der Waals surface area contributed by atoms with Crippen LogP contribution < -0.4 is 0 Å². The summed E-state index contributed by atoms with van der Waals surface area (Å²) in [7, 11) is 0. The summed E-state index contributed by atoms with van der Waals surface area (Å²) in [4.78, 5) is 0. The van der Waals surface area contributed by atoms with E-state index in [1.54, 1.807) is 12.1 Å². The second-order valence-corrected chi connectivity index (χ2v) is 5.55. The average molecular weight is 340 g/mol. The Hall–Kier alpha value is -0.110. The molecule has 0 amide bonds. The lowest BCUT2D eigenvalue weighted by Gasteiger charge is -2.12. The first-order valence-electron chi connectivity index (χ1n) is 5.03. The van der Waals surface area contributed by atoms with Crippen molar-refractivity contribution in [1.29, 1.82) is 0 Å². The number of rotatable bonds is 2. The first kappa shape index (κ1) is 14.3. The zero-order valence-electron chi connectivity index (χ0n) is 8.98.